The lowest BCUT2D eigenvalue weighted by atomic mass is 9.63. The van der Waals surface area contributed by atoms with Crippen molar-refractivity contribution in [2.75, 3.05) is 31.1 Å². The first-order valence-corrected chi connectivity index (χ1v) is 10.4. The summed E-state index contributed by atoms with van der Waals surface area (Å²) in [7, 11) is 0. The molecule has 1 saturated heterocycles. The van der Waals surface area contributed by atoms with Gasteiger partial charge in [0.05, 0.1) is 16.4 Å². The van der Waals surface area contributed by atoms with E-state index in [0.717, 1.165) is 67.9 Å². The summed E-state index contributed by atoms with van der Waals surface area (Å²) in [6.45, 7) is 2.99. The van der Waals surface area contributed by atoms with Gasteiger partial charge in [-0.15, -0.1) is 0 Å². The molecule has 1 aliphatic heterocycles. The molecule has 1 aliphatic carbocycles. The van der Waals surface area contributed by atoms with Crippen LogP contribution in [0.15, 0.2) is 48.5 Å². The number of fused-ring (bicyclic) bond motifs is 1. The number of aromatic nitrogens is 2. The Kier molecular flexibility index (Phi) is 4.49. The van der Waals surface area contributed by atoms with Crippen LogP contribution in [0.1, 0.15) is 31.2 Å². The Balaban J connectivity index is 1.34. The Morgan fingerprint density at radius 3 is 2.62 bits per heavy atom. The highest BCUT2D eigenvalue weighted by Gasteiger charge is 2.47. The number of nitrogens with zero attached hydrogens (tertiary/aromatic N) is 3. The second kappa shape index (κ2) is 7.17. The van der Waals surface area contributed by atoms with Crippen LogP contribution in [-0.4, -0.2) is 47.0 Å². The maximum atomic E-state index is 13.8. The van der Waals surface area contributed by atoms with Crippen molar-refractivity contribution in [3.8, 4) is 0 Å². The van der Waals surface area contributed by atoms with Gasteiger partial charge < -0.3 is 14.8 Å². The van der Waals surface area contributed by atoms with Gasteiger partial charge in [0, 0.05) is 26.2 Å². The number of aromatic amines is 1. The first-order chi connectivity index (χ1) is 14.2. The number of para-hydroxylation sites is 2. The van der Waals surface area contributed by atoms with Crippen LogP contribution in [0.4, 0.5) is 10.3 Å². The Morgan fingerprint density at radius 2 is 1.86 bits per heavy atom. The Labute approximate surface area is 169 Å². The molecule has 2 aliphatic rings. The summed E-state index contributed by atoms with van der Waals surface area (Å²) in [5, 5.41) is 0. The summed E-state index contributed by atoms with van der Waals surface area (Å²) < 4.78 is 13.8. The van der Waals surface area contributed by atoms with Gasteiger partial charge in [0.2, 0.25) is 11.9 Å². The highest BCUT2D eigenvalue weighted by Crippen LogP contribution is 2.45. The van der Waals surface area contributed by atoms with Crippen LogP contribution in [0.2, 0.25) is 0 Å². The van der Waals surface area contributed by atoms with E-state index in [-0.39, 0.29) is 11.7 Å². The van der Waals surface area contributed by atoms with Crippen LogP contribution in [0.5, 0.6) is 0 Å². The lowest BCUT2D eigenvalue weighted by molar-refractivity contribution is -0.140. The summed E-state index contributed by atoms with van der Waals surface area (Å²) >= 11 is 0. The van der Waals surface area contributed by atoms with Gasteiger partial charge in [-0.25, -0.2) is 9.37 Å². The minimum absolute atomic E-state index is 0.154. The smallest absolute Gasteiger partial charge is 0.233 e. The molecule has 0 atom stereocenters. The van der Waals surface area contributed by atoms with Crippen molar-refractivity contribution in [1.29, 1.82) is 0 Å². The zero-order chi connectivity index (χ0) is 19.8. The van der Waals surface area contributed by atoms with Crippen molar-refractivity contribution in [2.45, 2.75) is 31.1 Å². The van der Waals surface area contributed by atoms with Crippen LogP contribution in [0.25, 0.3) is 11.0 Å². The zero-order valence-electron chi connectivity index (χ0n) is 16.4. The lowest BCUT2D eigenvalue weighted by Crippen LogP contribution is -2.52. The van der Waals surface area contributed by atoms with Gasteiger partial charge in [-0.1, -0.05) is 30.7 Å². The maximum absolute atomic E-state index is 13.8. The summed E-state index contributed by atoms with van der Waals surface area (Å²) in [6, 6.07) is 14.6. The SMILES string of the molecule is O=C(N1CCCN(c2nc3ccccc3[nH]2)CC1)C1(c2cccc(F)c2)CCC1. The zero-order valence-corrected chi connectivity index (χ0v) is 16.4. The van der Waals surface area contributed by atoms with Crippen molar-refractivity contribution < 1.29 is 9.18 Å². The highest BCUT2D eigenvalue weighted by molar-refractivity contribution is 5.89. The molecular formula is C23H25FN4O. The Bertz CT molecular complexity index is 1010. The van der Waals surface area contributed by atoms with E-state index in [1.165, 1.54) is 12.1 Å². The molecule has 2 aromatic carbocycles. The third-order valence-corrected chi connectivity index (χ3v) is 6.45. The number of H-pyrrole nitrogens is 1. The molecule has 5 nitrogen and oxygen atoms in total. The van der Waals surface area contributed by atoms with Crippen LogP contribution in [0, 0.1) is 5.82 Å². The number of hydrogen-bond acceptors (Lipinski definition) is 3. The predicted molar refractivity (Wildman–Crippen MR) is 111 cm³/mol. The van der Waals surface area contributed by atoms with E-state index in [9.17, 15) is 9.18 Å². The van der Waals surface area contributed by atoms with Gasteiger partial charge in [0.1, 0.15) is 5.82 Å². The summed E-state index contributed by atoms with van der Waals surface area (Å²) in [6.07, 6.45) is 3.52. The molecule has 0 bridgehead atoms. The Hall–Kier alpha value is -2.89. The third-order valence-electron chi connectivity index (χ3n) is 6.45. The molecule has 1 aromatic heterocycles. The first kappa shape index (κ1) is 18.2. The molecule has 1 saturated carbocycles. The fourth-order valence-corrected chi connectivity index (χ4v) is 4.67. The average Bonchev–Trinajstić information content (AvgIpc) is 2.96. The quantitative estimate of drug-likeness (QED) is 0.736. The highest BCUT2D eigenvalue weighted by atomic mass is 19.1. The monoisotopic (exact) mass is 392 g/mol. The molecule has 3 aromatic rings. The second-order valence-electron chi connectivity index (χ2n) is 8.16. The molecule has 0 spiro atoms. The number of imidazole rings is 1. The van der Waals surface area contributed by atoms with E-state index in [0.29, 0.717) is 6.54 Å². The number of amides is 1. The van der Waals surface area contributed by atoms with Gasteiger partial charge in [0.25, 0.3) is 0 Å². The standard InChI is InChI=1S/C23H25FN4O/c24-18-7-3-6-17(16-18)23(10-4-11-23)21(29)27-12-5-13-28(15-14-27)22-25-19-8-1-2-9-20(19)26-22/h1-3,6-9,16H,4-5,10-15H2,(H,25,26). The fourth-order valence-electron chi connectivity index (χ4n) is 4.67. The number of benzene rings is 2. The molecule has 0 unspecified atom stereocenters. The minimum atomic E-state index is -0.545. The molecule has 2 heterocycles. The van der Waals surface area contributed by atoms with E-state index in [4.69, 9.17) is 4.98 Å². The van der Waals surface area contributed by atoms with Gasteiger partial charge >= 0.3 is 0 Å². The largest absolute Gasteiger partial charge is 0.341 e. The number of carbonyl (C=O) groups excluding carboxylic acids is 1. The topological polar surface area (TPSA) is 52.2 Å². The van der Waals surface area contributed by atoms with E-state index >= 15 is 0 Å². The van der Waals surface area contributed by atoms with Gasteiger partial charge in [-0.2, -0.15) is 0 Å². The molecule has 29 heavy (non-hydrogen) atoms. The number of nitrogens with one attached hydrogen (secondary N) is 1. The predicted octanol–water partition coefficient (Wildman–Crippen LogP) is 3.86. The molecule has 2 fully saturated rings. The van der Waals surface area contributed by atoms with Gasteiger partial charge in [-0.05, 0) is 49.1 Å². The number of carbonyl (C=O) groups is 1. The Morgan fingerprint density at radius 1 is 1.00 bits per heavy atom. The van der Waals surface area contributed by atoms with Crippen LogP contribution in [0.3, 0.4) is 0 Å². The molecule has 1 amide bonds. The summed E-state index contributed by atoms with van der Waals surface area (Å²) in [5.41, 5.74) is 2.27. The van der Waals surface area contributed by atoms with E-state index in [1.807, 2.05) is 35.2 Å². The van der Waals surface area contributed by atoms with E-state index in [2.05, 4.69) is 9.88 Å². The van der Waals surface area contributed by atoms with Crippen LogP contribution >= 0.6 is 0 Å². The number of rotatable bonds is 3. The first-order valence-electron chi connectivity index (χ1n) is 10.4. The van der Waals surface area contributed by atoms with Crippen molar-refractivity contribution in [3.63, 3.8) is 0 Å². The second-order valence-corrected chi connectivity index (χ2v) is 8.16. The number of halogens is 1. The number of anilines is 1. The molecule has 5 rings (SSSR count). The summed E-state index contributed by atoms with van der Waals surface area (Å²) in [4.78, 5) is 25.8. The van der Waals surface area contributed by atoms with Crippen LogP contribution in [-0.2, 0) is 10.2 Å². The third kappa shape index (κ3) is 3.16. The van der Waals surface area contributed by atoms with E-state index in [1.54, 1.807) is 6.07 Å². The molecule has 1 N–H and O–H groups in total. The van der Waals surface area contributed by atoms with Gasteiger partial charge in [-0.3, -0.25) is 4.79 Å². The molecular weight excluding hydrogens is 367 g/mol. The fraction of sp³-hybridized carbons (Fsp3) is 0.391. The molecule has 150 valence electrons. The average molecular weight is 392 g/mol. The normalized spacial score (nSPS) is 19.1. The lowest BCUT2D eigenvalue weighted by Gasteiger charge is -2.44. The van der Waals surface area contributed by atoms with Gasteiger partial charge in [0.15, 0.2) is 0 Å². The van der Waals surface area contributed by atoms with Crippen molar-refractivity contribution in [3.05, 3.63) is 59.9 Å². The number of hydrogen-bond donors (Lipinski definition) is 1. The van der Waals surface area contributed by atoms with Crippen molar-refractivity contribution in [2.24, 2.45) is 0 Å². The molecule has 6 heteroatoms. The van der Waals surface area contributed by atoms with Crippen molar-refractivity contribution >= 4 is 22.9 Å². The minimum Gasteiger partial charge on any atom is -0.341 e. The molecule has 0 radical (unpaired) electrons. The maximum Gasteiger partial charge on any atom is 0.233 e. The van der Waals surface area contributed by atoms with Crippen molar-refractivity contribution in [1.82, 2.24) is 14.9 Å². The van der Waals surface area contributed by atoms with Crippen LogP contribution < -0.4 is 4.90 Å². The van der Waals surface area contributed by atoms with E-state index < -0.39 is 5.41 Å². The summed E-state index contributed by atoms with van der Waals surface area (Å²) in [5.74, 6) is 0.748.